The fraction of sp³-hybridized carbons (Fsp3) is 0.286. The molecule has 0 aliphatic carbocycles. The van der Waals surface area contributed by atoms with E-state index < -0.39 is 34.3 Å². The summed E-state index contributed by atoms with van der Waals surface area (Å²) in [6.45, 7) is 0.429. The molecular weight excluding hydrogens is 384 g/mol. The van der Waals surface area contributed by atoms with Gasteiger partial charge in [0, 0.05) is 29.7 Å². The van der Waals surface area contributed by atoms with Gasteiger partial charge in [0.15, 0.2) is 5.43 Å². The van der Waals surface area contributed by atoms with Gasteiger partial charge in [-0.1, -0.05) is 6.07 Å². The number of phenols is 2. The van der Waals surface area contributed by atoms with Gasteiger partial charge >= 0.3 is 0 Å². The second-order valence-electron chi connectivity index (χ2n) is 7.23. The third-order valence-corrected chi connectivity index (χ3v) is 5.59. The molecule has 0 saturated carbocycles. The molecule has 1 saturated heterocycles. The number of benzene rings is 2. The van der Waals surface area contributed by atoms with E-state index in [1.54, 1.807) is 0 Å². The number of fused-ring (bicyclic) bond motifs is 1. The summed E-state index contributed by atoms with van der Waals surface area (Å²) in [5.41, 5.74) is -1.14. The Morgan fingerprint density at radius 3 is 2.52 bits per heavy atom. The summed E-state index contributed by atoms with van der Waals surface area (Å²) >= 11 is 0. The summed E-state index contributed by atoms with van der Waals surface area (Å²) in [5.74, 6) is -3.39. The highest BCUT2D eigenvalue weighted by molar-refractivity contribution is 5.89. The van der Waals surface area contributed by atoms with Gasteiger partial charge in [-0.25, -0.2) is 8.78 Å². The van der Waals surface area contributed by atoms with Crippen LogP contribution in [0, 0.1) is 11.6 Å². The number of rotatable bonds is 3. The van der Waals surface area contributed by atoms with E-state index in [1.165, 1.54) is 6.07 Å². The van der Waals surface area contributed by atoms with Crippen molar-refractivity contribution in [1.82, 2.24) is 4.90 Å². The number of likely N-dealkylation sites (tertiary alicyclic amines) is 1. The zero-order valence-electron chi connectivity index (χ0n) is 15.5. The van der Waals surface area contributed by atoms with Gasteiger partial charge in [-0.05, 0) is 32.1 Å². The number of halogens is 2. The molecule has 2 aromatic carbocycles. The van der Waals surface area contributed by atoms with Gasteiger partial charge < -0.3 is 24.6 Å². The molecule has 4 rings (SSSR count). The Labute approximate surface area is 164 Å². The smallest absolute Gasteiger partial charge is 0.197 e. The highest BCUT2D eigenvalue weighted by Crippen LogP contribution is 2.44. The Hall–Kier alpha value is -2.97. The quantitative estimate of drug-likeness (QED) is 0.623. The normalized spacial score (nSPS) is 19.9. The monoisotopic (exact) mass is 403 g/mol. The average Bonchev–Trinajstić information content (AvgIpc) is 3.01. The van der Waals surface area contributed by atoms with Crippen LogP contribution in [0.4, 0.5) is 8.78 Å². The van der Waals surface area contributed by atoms with E-state index in [0.29, 0.717) is 13.0 Å². The zero-order valence-corrected chi connectivity index (χ0v) is 15.5. The van der Waals surface area contributed by atoms with Crippen LogP contribution >= 0.6 is 0 Å². The Kier molecular flexibility index (Phi) is 4.76. The largest absolute Gasteiger partial charge is 0.507 e. The van der Waals surface area contributed by atoms with Crippen LogP contribution in [0.3, 0.4) is 0 Å². The van der Waals surface area contributed by atoms with Crippen molar-refractivity contribution in [2.75, 3.05) is 20.2 Å². The Bertz CT molecular complexity index is 1140. The fourth-order valence-electron chi connectivity index (χ4n) is 4.15. The van der Waals surface area contributed by atoms with E-state index in [2.05, 4.69) is 0 Å². The van der Waals surface area contributed by atoms with Crippen molar-refractivity contribution in [3.8, 4) is 22.8 Å². The summed E-state index contributed by atoms with van der Waals surface area (Å²) < 4.78 is 34.2. The van der Waals surface area contributed by atoms with Crippen LogP contribution in [0.25, 0.3) is 22.3 Å². The molecule has 8 heteroatoms. The number of aliphatic hydroxyl groups excluding tert-OH is 1. The minimum absolute atomic E-state index is 0.147. The van der Waals surface area contributed by atoms with E-state index in [9.17, 15) is 28.9 Å². The molecule has 2 unspecified atom stereocenters. The number of aliphatic hydroxyl groups is 1. The summed E-state index contributed by atoms with van der Waals surface area (Å²) in [7, 11) is 1.82. The summed E-state index contributed by atoms with van der Waals surface area (Å²) in [4.78, 5) is 14.6. The van der Waals surface area contributed by atoms with E-state index in [0.717, 1.165) is 24.3 Å². The molecule has 0 spiro atoms. The van der Waals surface area contributed by atoms with Crippen LogP contribution in [0.5, 0.6) is 11.5 Å². The zero-order chi connectivity index (χ0) is 20.9. The Morgan fingerprint density at radius 2 is 1.86 bits per heavy atom. The predicted octanol–water partition coefficient (Wildman–Crippen LogP) is 2.93. The Morgan fingerprint density at radius 1 is 1.17 bits per heavy atom. The second kappa shape index (κ2) is 7.13. The van der Waals surface area contributed by atoms with Crippen LogP contribution in [-0.2, 0) is 0 Å². The topological polar surface area (TPSA) is 94.1 Å². The fourth-order valence-corrected chi connectivity index (χ4v) is 4.15. The van der Waals surface area contributed by atoms with Gasteiger partial charge in [-0.3, -0.25) is 4.79 Å². The number of aromatic hydroxyl groups is 2. The van der Waals surface area contributed by atoms with Crippen molar-refractivity contribution < 1.29 is 28.5 Å². The molecular formula is C21H19F2NO5. The van der Waals surface area contributed by atoms with Crippen LogP contribution in [0.1, 0.15) is 17.9 Å². The standard InChI is InChI=1S/C21H19F2NO5/c1-24-6-5-10(13(24)9-25)18-14(26)7-15(27)20-16(28)8-17(29-21(18)20)19-11(22)3-2-4-12(19)23/h2-4,7-8,10,13,25-27H,5-6,9H2,1H3. The molecule has 0 amide bonds. The molecule has 29 heavy (non-hydrogen) atoms. The molecule has 1 aromatic heterocycles. The highest BCUT2D eigenvalue weighted by atomic mass is 19.1. The minimum atomic E-state index is -0.910. The molecule has 3 N–H and O–H groups in total. The SMILES string of the molecule is CN1CCC(c2c(O)cc(O)c3c(=O)cc(-c4c(F)cccc4F)oc23)C1CO. The lowest BCUT2D eigenvalue weighted by Gasteiger charge is -2.24. The lowest BCUT2D eigenvalue weighted by atomic mass is 9.89. The van der Waals surface area contributed by atoms with Crippen molar-refractivity contribution in [1.29, 1.82) is 0 Å². The van der Waals surface area contributed by atoms with E-state index in [1.807, 2.05) is 11.9 Å². The predicted molar refractivity (Wildman–Crippen MR) is 102 cm³/mol. The molecule has 0 bridgehead atoms. The first-order valence-corrected chi connectivity index (χ1v) is 9.11. The second-order valence-corrected chi connectivity index (χ2v) is 7.23. The van der Waals surface area contributed by atoms with Gasteiger partial charge in [0.1, 0.15) is 39.9 Å². The number of nitrogens with zero attached hydrogens (tertiary/aromatic N) is 1. The molecule has 1 aliphatic heterocycles. The van der Waals surface area contributed by atoms with E-state index >= 15 is 0 Å². The molecule has 2 atom stereocenters. The van der Waals surface area contributed by atoms with Gasteiger partial charge in [0.2, 0.25) is 0 Å². The number of hydrogen-bond donors (Lipinski definition) is 3. The van der Waals surface area contributed by atoms with Crippen molar-refractivity contribution in [3.05, 3.63) is 57.8 Å². The molecule has 152 valence electrons. The van der Waals surface area contributed by atoms with Gasteiger partial charge in [-0.15, -0.1) is 0 Å². The summed E-state index contributed by atoms with van der Waals surface area (Å²) in [5, 5.41) is 30.3. The van der Waals surface area contributed by atoms with E-state index in [4.69, 9.17) is 4.42 Å². The third-order valence-electron chi connectivity index (χ3n) is 5.59. The van der Waals surface area contributed by atoms with Crippen LogP contribution in [0.2, 0.25) is 0 Å². The first-order valence-electron chi connectivity index (χ1n) is 9.11. The van der Waals surface area contributed by atoms with Gasteiger partial charge in [0.25, 0.3) is 0 Å². The third kappa shape index (κ3) is 3.04. The average molecular weight is 403 g/mol. The van der Waals surface area contributed by atoms with Crippen LogP contribution < -0.4 is 5.43 Å². The van der Waals surface area contributed by atoms with Crippen molar-refractivity contribution in [2.45, 2.75) is 18.4 Å². The van der Waals surface area contributed by atoms with Crippen molar-refractivity contribution in [3.63, 3.8) is 0 Å². The van der Waals surface area contributed by atoms with Crippen molar-refractivity contribution in [2.24, 2.45) is 0 Å². The number of phenolic OH excluding ortho intramolecular Hbond substituents is 2. The molecule has 2 heterocycles. The van der Waals surface area contributed by atoms with Crippen molar-refractivity contribution >= 4 is 11.0 Å². The maximum absolute atomic E-state index is 14.3. The first kappa shape index (κ1) is 19.4. The molecule has 0 radical (unpaired) electrons. The minimum Gasteiger partial charge on any atom is -0.507 e. The Balaban J connectivity index is 2.05. The maximum Gasteiger partial charge on any atom is 0.197 e. The van der Waals surface area contributed by atoms with Crippen LogP contribution in [0.15, 0.2) is 39.5 Å². The highest BCUT2D eigenvalue weighted by Gasteiger charge is 2.36. The van der Waals surface area contributed by atoms with Gasteiger partial charge in [-0.2, -0.15) is 0 Å². The van der Waals surface area contributed by atoms with Crippen LogP contribution in [-0.4, -0.2) is 46.5 Å². The molecule has 1 fully saturated rings. The number of hydrogen-bond acceptors (Lipinski definition) is 6. The van der Waals surface area contributed by atoms with E-state index in [-0.39, 0.29) is 40.7 Å². The first-order chi connectivity index (χ1) is 13.8. The summed E-state index contributed by atoms with van der Waals surface area (Å²) in [6.07, 6.45) is 0.553. The lowest BCUT2D eigenvalue weighted by molar-refractivity contribution is 0.172. The summed E-state index contributed by atoms with van der Waals surface area (Å²) in [6, 6.07) is 4.87. The molecule has 6 nitrogen and oxygen atoms in total. The molecule has 3 aromatic rings. The molecule has 1 aliphatic rings. The lowest BCUT2D eigenvalue weighted by Crippen LogP contribution is -2.32. The number of likely N-dealkylation sites (N-methyl/N-ethyl adjacent to an activating group) is 1. The maximum atomic E-state index is 14.3. The van der Waals surface area contributed by atoms with Gasteiger partial charge in [0.05, 0.1) is 12.2 Å².